The lowest BCUT2D eigenvalue weighted by molar-refractivity contribution is -0.183. The van der Waals surface area contributed by atoms with Gasteiger partial charge in [0.1, 0.15) is 6.61 Å². The van der Waals surface area contributed by atoms with Crippen molar-refractivity contribution in [2.24, 2.45) is 5.92 Å². The van der Waals surface area contributed by atoms with Crippen LogP contribution in [0.1, 0.15) is 32.1 Å². The van der Waals surface area contributed by atoms with Crippen LogP contribution in [0, 0.1) is 5.92 Å². The molecule has 2 atom stereocenters. The number of rotatable bonds is 5. The Bertz CT molecular complexity index is 336. The van der Waals surface area contributed by atoms with Crippen LogP contribution >= 0.6 is 0 Å². The normalized spacial score (nSPS) is 27.8. The SMILES string of the molecule is O=C1OCCN1CCCN[C@@H]1CCC[C@@H](C(F)(F)F)C1. The summed E-state index contributed by atoms with van der Waals surface area (Å²) in [5.74, 6) is -1.16. The first-order valence-electron chi connectivity index (χ1n) is 7.18. The summed E-state index contributed by atoms with van der Waals surface area (Å²) in [6.45, 7) is 2.28. The lowest BCUT2D eigenvalue weighted by atomic mass is 9.85. The van der Waals surface area contributed by atoms with Gasteiger partial charge < -0.3 is 15.0 Å². The molecule has 0 unspecified atom stereocenters. The second-order valence-electron chi connectivity index (χ2n) is 5.51. The molecule has 0 spiro atoms. The van der Waals surface area contributed by atoms with Crippen molar-refractivity contribution in [2.45, 2.75) is 44.3 Å². The van der Waals surface area contributed by atoms with E-state index < -0.39 is 12.1 Å². The maximum atomic E-state index is 12.7. The van der Waals surface area contributed by atoms with Crippen molar-refractivity contribution in [2.75, 3.05) is 26.2 Å². The third kappa shape index (κ3) is 4.26. The Morgan fingerprint density at radius 2 is 2.15 bits per heavy atom. The van der Waals surface area contributed by atoms with Crippen molar-refractivity contribution in [3.63, 3.8) is 0 Å². The topological polar surface area (TPSA) is 41.6 Å². The molecule has 0 bridgehead atoms. The van der Waals surface area contributed by atoms with E-state index in [0.29, 0.717) is 32.7 Å². The van der Waals surface area contributed by atoms with E-state index in [9.17, 15) is 18.0 Å². The minimum absolute atomic E-state index is 0.0547. The highest BCUT2D eigenvalue weighted by Crippen LogP contribution is 2.37. The van der Waals surface area contributed by atoms with E-state index in [4.69, 9.17) is 4.74 Å². The minimum atomic E-state index is -4.07. The van der Waals surface area contributed by atoms with E-state index in [-0.39, 0.29) is 25.0 Å². The predicted molar refractivity (Wildman–Crippen MR) is 67.3 cm³/mol. The molecule has 2 fully saturated rings. The molecule has 1 aliphatic heterocycles. The maximum absolute atomic E-state index is 12.7. The van der Waals surface area contributed by atoms with Crippen LogP contribution < -0.4 is 5.32 Å². The van der Waals surface area contributed by atoms with Gasteiger partial charge in [0, 0.05) is 12.6 Å². The number of hydrogen-bond acceptors (Lipinski definition) is 3. The fourth-order valence-corrected chi connectivity index (χ4v) is 2.88. The maximum Gasteiger partial charge on any atom is 0.409 e. The fraction of sp³-hybridized carbons (Fsp3) is 0.923. The van der Waals surface area contributed by atoms with Crippen LogP contribution in [-0.2, 0) is 4.74 Å². The number of nitrogens with zero attached hydrogens (tertiary/aromatic N) is 1. The number of alkyl halides is 3. The lowest BCUT2D eigenvalue weighted by Crippen LogP contribution is -2.39. The Kier molecular flexibility index (Phi) is 5.12. The van der Waals surface area contributed by atoms with Crippen molar-refractivity contribution < 1.29 is 22.7 Å². The smallest absolute Gasteiger partial charge is 0.409 e. The molecular weight excluding hydrogens is 273 g/mol. The van der Waals surface area contributed by atoms with E-state index in [1.54, 1.807) is 4.90 Å². The zero-order valence-electron chi connectivity index (χ0n) is 11.4. The Labute approximate surface area is 116 Å². The number of ether oxygens (including phenoxy) is 1. The summed E-state index contributed by atoms with van der Waals surface area (Å²) in [6, 6.07) is -0.0547. The van der Waals surface area contributed by atoms with Crippen molar-refractivity contribution in [1.29, 1.82) is 0 Å². The van der Waals surface area contributed by atoms with Crippen molar-refractivity contribution in [3.05, 3.63) is 0 Å². The van der Waals surface area contributed by atoms with E-state index in [1.807, 2.05) is 0 Å². The van der Waals surface area contributed by atoms with Crippen LogP contribution in [0.15, 0.2) is 0 Å². The molecule has 20 heavy (non-hydrogen) atoms. The fourth-order valence-electron chi connectivity index (χ4n) is 2.88. The summed E-state index contributed by atoms with van der Waals surface area (Å²) in [6.07, 6.45) is -1.77. The molecule has 0 aromatic carbocycles. The van der Waals surface area contributed by atoms with Crippen LogP contribution in [0.4, 0.5) is 18.0 Å². The highest BCUT2D eigenvalue weighted by molar-refractivity contribution is 5.69. The van der Waals surface area contributed by atoms with Crippen molar-refractivity contribution in [1.82, 2.24) is 10.2 Å². The summed E-state index contributed by atoms with van der Waals surface area (Å²) in [7, 11) is 0. The van der Waals surface area contributed by atoms with Gasteiger partial charge >= 0.3 is 12.3 Å². The standard InChI is InChI=1S/C13H21F3N2O2/c14-13(15,16)10-3-1-4-11(9-10)17-5-2-6-18-7-8-20-12(18)19/h10-11,17H,1-9H2/t10-,11-/m1/s1. The van der Waals surface area contributed by atoms with Gasteiger partial charge in [0.05, 0.1) is 12.5 Å². The number of carbonyl (C=O) groups excluding carboxylic acids is 1. The summed E-state index contributed by atoms with van der Waals surface area (Å²) in [4.78, 5) is 12.8. The quantitative estimate of drug-likeness (QED) is 0.792. The Morgan fingerprint density at radius 3 is 2.80 bits per heavy atom. The molecule has 0 radical (unpaired) electrons. The Hall–Kier alpha value is -0.980. The molecule has 1 N–H and O–H groups in total. The van der Waals surface area contributed by atoms with Gasteiger partial charge in [0.25, 0.3) is 0 Å². The van der Waals surface area contributed by atoms with Crippen LogP contribution in [-0.4, -0.2) is 49.5 Å². The van der Waals surface area contributed by atoms with Crippen LogP contribution in [0.2, 0.25) is 0 Å². The summed E-state index contributed by atoms with van der Waals surface area (Å²) >= 11 is 0. The zero-order valence-corrected chi connectivity index (χ0v) is 11.4. The van der Waals surface area contributed by atoms with E-state index in [1.165, 1.54) is 0 Å². The number of hydrogen-bond donors (Lipinski definition) is 1. The van der Waals surface area contributed by atoms with Crippen LogP contribution in [0.3, 0.4) is 0 Å². The highest BCUT2D eigenvalue weighted by Gasteiger charge is 2.41. The van der Waals surface area contributed by atoms with Crippen molar-refractivity contribution >= 4 is 6.09 Å². The number of cyclic esters (lactones) is 1. The van der Waals surface area contributed by atoms with Crippen LogP contribution in [0.25, 0.3) is 0 Å². The molecular formula is C13H21F3N2O2. The molecule has 2 aliphatic rings. The molecule has 116 valence electrons. The summed E-state index contributed by atoms with van der Waals surface area (Å²) < 4.78 is 42.8. The largest absolute Gasteiger partial charge is 0.448 e. The molecule has 1 heterocycles. The molecule has 1 amide bonds. The lowest BCUT2D eigenvalue weighted by Gasteiger charge is -2.31. The molecule has 1 saturated heterocycles. The number of amides is 1. The first-order chi connectivity index (χ1) is 9.47. The molecule has 0 aromatic rings. The molecule has 1 aliphatic carbocycles. The van der Waals surface area contributed by atoms with Gasteiger partial charge in [0.15, 0.2) is 0 Å². The first kappa shape index (κ1) is 15.4. The first-order valence-corrected chi connectivity index (χ1v) is 7.18. The molecule has 7 heteroatoms. The van der Waals surface area contributed by atoms with Gasteiger partial charge in [-0.2, -0.15) is 13.2 Å². The zero-order chi connectivity index (χ0) is 14.6. The minimum Gasteiger partial charge on any atom is -0.448 e. The summed E-state index contributed by atoms with van der Waals surface area (Å²) in [5, 5.41) is 3.18. The number of halogens is 3. The van der Waals surface area contributed by atoms with Gasteiger partial charge in [-0.15, -0.1) is 0 Å². The molecule has 1 saturated carbocycles. The average molecular weight is 294 g/mol. The van der Waals surface area contributed by atoms with Gasteiger partial charge in [0.2, 0.25) is 0 Å². The second-order valence-corrected chi connectivity index (χ2v) is 5.51. The number of nitrogens with one attached hydrogen (secondary N) is 1. The van der Waals surface area contributed by atoms with E-state index in [2.05, 4.69) is 5.32 Å². The third-order valence-electron chi connectivity index (χ3n) is 4.02. The van der Waals surface area contributed by atoms with Gasteiger partial charge in [-0.1, -0.05) is 6.42 Å². The van der Waals surface area contributed by atoms with Gasteiger partial charge in [-0.3, -0.25) is 0 Å². The summed E-state index contributed by atoms with van der Waals surface area (Å²) in [5.41, 5.74) is 0. The van der Waals surface area contributed by atoms with E-state index >= 15 is 0 Å². The second kappa shape index (κ2) is 6.65. The Balaban J connectivity index is 1.63. The predicted octanol–water partition coefficient (Wildman–Crippen LogP) is 2.54. The monoisotopic (exact) mass is 294 g/mol. The molecule has 2 rings (SSSR count). The number of carbonyl (C=O) groups is 1. The highest BCUT2D eigenvalue weighted by atomic mass is 19.4. The van der Waals surface area contributed by atoms with Crippen LogP contribution in [0.5, 0.6) is 0 Å². The van der Waals surface area contributed by atoms with Gasteiger partial charge in [-0.05, 0) is 32.2 Å². The average Bonchev–Trinajstić information content (AvgIpc) is 2.80. The Morgan fingerprint density at radius 1 is 1.35 bits per heavy atom. The third-order valence-corrected chi connectivity index (χ3v) is 4.02. The van der Waals surface area contributed by atoms with E-state index in [0.717, 1.165) is 12.8 Å². The molecule has 0 aromatic heterocycles. The molecule has 4 nitrogen and oxygen atoms in total. The van der Waals surface area contributed by atoms with Crippen molar-refractivity contribution in [3.8, 4) is 0 Å². The van der Waals surface area contributed by atoms with Gasteiger partial charge in [-0.25, -0.2) is 4.79 Å².